The van der Waals surface area contributed by atoms with Crippen molar-refractivity contribution in [1.29, 1.82) is 0 Å². The largest absolute Gasteiger partial charge is 0.326 e. The van der Waals surface area contributed by atoms with Crippen molar-refractivity contribution in [3.63, 3.8) is 0 Å². The first kappa shape index (κ1) is 11.9. The summed E-state index contributed by atoms with van der Waals surface area (Å²) in [6.07, 6.45) is 0. The van der Waals surface area contributed by atoms with E-state index in [-0.39, 0.29) is 0 Å². The third kappa shape index (κ3) is 1.79. The Balaban J connectivity index is 2.25. The molecule has 0 saturated carbocycles. The van der Waals surface area contributed by atoms with Crippen LogP contribution in [-0.4, -0.2) is 9.55 Å². The van der Waals surface area contributed by atoms with Crippen LogP contribution in [0.3, 0.4) is 0 Å². The Kier molecular flexibility index (Phi) is 2.97. The molecule has 0 atom stereocenters. The molecule has 0 bridgehead atoms. The van der Waals surface area contributed by atoms with E-state index in [9.17, 15) is 0 Å². The summed E-state index contributed by atoms with van der Waals surface area (Å²) in [5, 5.41) is 2.06. The Morgan fingerprint density at radius 1 is 1.39 bits per heavy atom. The highest BCUT2D eigenvalue weighted by Crippen LogP contribution is 2.34. The standard InChI is InChI=1S/C13H12BrN3S/c1-17-11-3-2-8(7-15)6-10(11)16-13(17)12-9(14)4-5-18-12/h2-6H,7,15H2,1H3. The quantitative estimate of drug-likeness (QED) is 0.784. The SMILES string of the molecule is Cn1c(-c2sccc2Br)nc2cc(CN)ccc21. The Bertz CT molecular complexity index is 714. The molecule has 0 aliphatic carbocycles. The molecule has 2 aromatic heterocycles. The van der Waals surface area contributed by atoms with Crippen LogP contribution in [0.4, 0.5) is 0 Å². The minimum absolute atomic E-state index is 0.546. The molecular weight excluding hydrogens is 310 g/mol. The molecule has 0 aliphatic heterocycles. The molecule has 18 heavy (non-hydrogen) atoms. The van der Waals surface area contributed by atoms with Crippen LogP contribution < -0.4 is 5.73 Å². The fourth-order valence-corrected chi connectivity index (χ4v) is 3.60. The molecule has 3 aromatic rings. The molecule has 0 aliphatic rings. The van der Waals surface area contributed by atoms with E-state index < -0.39 is 0 Å². The van der Waals surface area contributed by atoms with Crippen LogP contribution in [-0.2, 0) is 13.6 Å². The van der Waals surface area contributed by atoms with E-state index in [2.05, 4.69) is 44.1 Å². The number of rotatable bonds is 2. The lowest BCUT2D eigenvalue weighted by Gasteiger charge is -2.00. The van der Waals surface area contributed by atoms with Gasteiger partial charge in [-0.3, -0.25) is 0 Å². The summed E-state index contributed by atoms with van der Waals surface area (Å²) < 4.78 is 3.21. The van der Waals surface area contributed by atoms with Crippen molar-refractivity contribution in [2.45, 2.75) is 6.54 Å². The van der Waals surface area contributed by atoms with Gasteiger partial charge in [-0.1, -0.05) is 6.07 Å². The molecule has 2 N–H and O–H groups in total. The first-order chi connectivity index (χ1) is 8.70. The third-order valence-corrected chi connectivity index (χ3v) is 4.83. The number of nitrogens with zero attached hydrogens (tertiary/aromatic N) is 2. The first-order valence-electron chi connectivity index (χ1n) is 5.59. The van der Waals surface area contributed by atoms with E-state index >= 15 is 0 Å². The average Bonchev–Trinajstić information content (AvgIpc) is 2.93. The summed E-state index contributed by atoms with van der Waals surface area (Å²) >= 11 is 5.25. The van der Waals surface area contributed by atoms with Crippen molar-refractivity contribution in [2.75, 3.05) is 0 Å². The van der Waals surface area contributed by atoms with Gasteiger partial charge in [-0.15, -0.1) is 11.3 Å². The van der Waals surface area contributed by atoms with Crippen LogP contribution in [0.15, 0.2) is 34.1 Å². The summed E-state index contributed by atoms with van der Waals surface area (Å²) in [6, 6.07) is 8.23. The van der Waals surface area contributed by atoms with E-state index in [1.807, 2.05) is 13.1 Å². The van der Waals surface area contributed by atoms with Crippen molar-refractivity contribution in [1.82, 2.24) is 9.55 Å². The van der Waals surface area contributed by atoms with E-state index in [1.165, 1.54) is 0 Å². The van der Waals surface area contributed by atoms with Crippen molar-refractivity contribution in [2.24, 2.45) is 12.8 Å². The zero-order valence-corrected chi connectivity index (χ0v) is 12.3. The molecule has 92 valence electrons. The maximum atomic E-state index is 5.66. The minimum atomic E-state index is 0.546. The molecule has 0 unspecified atom stereocenters. The molecule has 0 amide bonds. The number of aryl methyl sites for hydroxylation is 1. The Hall–Kier alpha value is -1.17. The Morgan fingerprint density at radius 3 is 2.89 bits per heavy atom. The Labute approximate surface area is 117 Å². The monoisotopic (exact) mass is 321 g/mol. The van der Waals surface area contributed by atoms with Gasteiger partial charge in [-0.05, 0) is 45.1 Å². The van der Waals surface area contributed by atoms with Gasteiger partial charge < -0.3 is 10.3 Å². The highest BCUT2D eigenvalue weighted by molar-refractivity contribution is 9.10. The number of benzene rings is 1. The average molecular weight is 322 g/mol. The maximum Gasteiger partial charge on any atom is 0.152 e. The number of nitrogens with two attached hydrogens (primary N) is 1. The van der Waals surface area contributed by atoms with Crippen molar-refractivity contribution in [3.8, 4) is 10.7 Å². The van der Waals surface area contributed by atoms with Gasteiger partial charge in [-0.25, -0.2) is 4.98 Å². The predicted molar refractivity (Wildman–Crippen MR) is 79.6 cm³/mol. The summed E-state index contributed by atoms with van der Waals surface area (Å²) in [4.78, 5) is 5.87. The highest BCUT2D eigenvalue weighted by Gasteiger charge is 2.13. The number of fused-ring (bicyclic) bond motifs is 1. The van der Waals surface area contributed by atoms with Gasteiger partial charge in [0.15, 0.2) is 5.82 Å². The molecular formula is C13H12BrN3S. The second-order valence-corrected chi connectivity index (χ2v) is 5.89. The van der Waals surface area contributed by atoms with Gasteiger partial charge >= 0.3 is 0 Å². The predicted octanol–water partition coefficient (Wildman–Crippen LogP) is 3.52. The summed E-state index contributed by atoms with van der Waals surface area (Å²) in [7, 11) is 2.04. The molecule has 3 nitrogen and oxygen atoms in total. The number of aromatic nitrogens is 2. The number of halogens is 1. The number of imidazole rings is 1. The second-order valence-electron chi connectivity index (χ2n) is 4.12. The minimum Gasteiger partial charge on any atom is -0.326 e. The number of hydrogen-bond acceptors (Lipinski definition) is 3. The topological polar surface area (TPSA) is 43.8 Å². The van der Waals surface area contributed by atoms with E-state index in [0.717, 1.165) is 31.8 Å². The van der Waals surface area contributed by atoms with E-state index in [4.69, 9.17) is 10.7 Å². The van der Waals surface area contributed by atoms with Gasteiger partial charge in [0.05, 0.1) is 15.9 Å². The normalized spacial score (nSPS) is 11.3. The zero-order chi connectivity index (χ0) is 12.7. The fourth-order valence-electron chi connectivity index (χ4n) is 2.03. The first-order valence-corrected chi connectivity index (χ1v) is 7.26. The zero-order valence-electron chi connectivity index (χ0n) is 9.85. The smallest absolute Gasteiger partial charge is 0.152 e. The van der Waals surface area contributed by atoms with Crippen LogP contribution in [0.5, 0.6) is 0 Å². The molecule has 5 heteroatoms. The van der Waals surface area contributed by atoms with Gasteiger partial charge in [0.2, 0.25) is 0 Å². The summed E-state index contributed by atoms with van der Waals surface area (Å²) in [5.74, 6) is 0.987. The molecule has 0 spiro atoms. The number of hydrogen-bond donors (Lipinski definition) is 1. The van der Waals surface area contributed by atoms with Crippen LogP contribution in [0.25, 0.3) is 21.7 Å². The van der Waals surface area contributed by atoms with Crippen LogP contribution in [0.1, 0.15) is 5.56 Å². The van der Waals surface area contributed by atoms with E-state index in [1.54, 1.807) is 11.3 Å². The maximum absolute atomic E-state index is 5.66. The molecule has 0 saturated heterocycles. The lowest BCUT2D eigenvalue weighted by atomic mass is 10.2. The van der Waals surface area contributed by atoms with Crippen molar-refractivity contribution >= 4 is 38.3 Å². The van der Waals surface area contributed by atoms with Gasteiger partial charge in [0, 0.05) is 18.1 Å². The van der Waals surface area contributed by atoms with E-state index in [0.29, 0.717) is 6.54 Å². The number of thiophene rings is 1. The summed E-state index contributed by atoms with van der Waals surface area (Å²) in [5.41, 5.74) is 8.90. The fraction of sp³-hybridized carbons (Fsp3) is 0.154. The highest BCUT2D eigenvalue weighted by atomic mass is 79.9. The van der Waals surface area contributed by atoms with Gasteiger partial charge in [0.25, 0.3) is 0 Å². The lowest BCUT2D eigenvalue weighted by Crippen LogP contribution is -1.95. The van der Waals surface area contributed by atoms with Crippen molar-refractivity contribution < 1.29 is 0 Å². The molecule has 2 heterocycles. The van der Waals surface area contributed by atoms with Crippen LogP contribution in [0.2, 0.25) is 0 Å². The molecule has 3 rings (SSSR count). The molecule has 1 aromatic carbocycles. The van der Waals surface area contributed by atoms with Gasteiger partial charge in [-0.2, -0.15) is 0 Å². The molecule has 0 fully saturated rings. The Morgan fingerprint density at radius 2 is 2.22 bits per heavy atom. The van der Waals surface area contributed by atoms with Crippen LogP contribution >= 0.6 is 27.3 Å². The van der Waals surface area contributed by atoms with Gasteiger partial charge in [0.1, 0.15) is 0 Å². The molecule has 0 radical (unpaired) electrons. The third-order valence-electron chi connectivity index (χ3n) is 3.00. The van der Waals surface area contributed by atoms with Crippen molar-refractivity contribution in [3.05, 3.63) is 39.7 Å². The summed E-state index contributed by atoms with van der Waals surface area (Å²) in [6.45, 7) is 0.546. The second kappa shape index (κ2) is 4.50. The van der Waals surface area contributed by atoms with Crippen LogP contribution in [0, 0.1) is 0 Å². The lowest BCUT2D eigenvalue weighted by molar-refractivity contribution is 0.962.